The molecule has 6 nitrogen and oxygen atoms in total. The number of aromatic nitrogens is 2. The maximum atomic E-state index is 10.2. The summed E-state index contributed by atoms with van der Waals surface area (Å²) in [6.07, 6.45) is 2.11. The summed E-state index contributed by atoms with van der Waals surface area (Å²) in [5, 5.41) is 14.9. The van der Waals surface area contributed by atoms with Crippen molar-refractivity contribution in [3.8, 4) is 28.5 Å². The minimum absolute atomic E-state index is 0.347. The number of phenols is 1. The Kier molecular flexibility index (Phi) is 6.00. The number of ether oxygens (including phenoxy) is 1. The van der Waals surface area contributed by atoms with Crippen LogP contribution in [0.15, 0.2) is 85.1 Å². The van der Waals surface area contributed by atoms with E-state index in [1.54, 1.807) is 6.07 Å². The van der Waals surface area contributed by atoms with Crippen LogP contribution in [0.4, 0.5) is 5.69 Å². The van der Waals surface area contributed by atoms with Crippen LogP contribution >= 0.6 is 0 Å². The maximum absolute atomic E-state index is 10.2. The molecule has 33 heavy (non-hydrogen) atoms. The standard InChI is InChI=1S/C27H28N4O2/c1-29-19-22(20-30-15-17-31(18-16-30)25-9-5-6-10-26(25)32)27(28-29)21-11-13-24(14-12-21)33-23-7-3-2-4-8-23/h2-14,19,32H,15-18,20H2,1H3. The first-order valence-corrected chi connectivity index (χ1v) is 11.3. The first-order valence-electron chi connectivity index (χ1n) is 11.3. The third-order valence-electron chi connectivity index (χ3n) is 6.00. The van der Waals surface area contributed by atoms with Gasteiger partial charge in [-0.1, -0.05) is 30.3 Å². The Morgan fingerprint density at radius 2 is 1.48 bits per heavy atom. The molecule has 0 spiro atoms. The number of rotatable bonds is 6. The predicted octanol–water partition coefficient (Wildman–Crippen LogP) is 4.91. The van der Waals surface area contributed by atoms with Crippen LogP contribution in [0.3, 0.4) is 0 Å². The largest absolute Gasteiger partial charge is 0.506 e. The molecule has 1 aliphatic heterocycles. The molecular formula is C27H28N4O2. The number of aromatic hydroxyl groups is 1. The smallest absolute Gasteiger partial charge is 0.138 e. The van der Waals surface area contributed by atoms with Crippen LogP contribution in [-0.4, -0.2) is 46.0 Å². The van der Waals surface area contributed by atoms with Crippen molar-refractivity contribution in [3.05, 3.63) is 90.6 Å². The lowest BCUT2D eigenvalue weighted by atomic mass is 10.1. The van der Waals surface area contributed by atoms with Crippen LogP contribution in [0.1, 0.15) is 5.56 Å². The molecule has 1 N–H and O–H groups in total. The molecule has 0 amide bonds. The van der Waals surface area contributed by atoms with Crippen molar-refractivity contribution in [3.63, 3.8) is 0 Å². The zero-order chi connectivity index (χ0) is 22.6. The average molecular weight is 441 g/mol. The molecule has 0 atom stereocenters. The van der Waals surface area contributed by atoms with Gasteiger partial charge in [-0.25, -0.2) is 0 Å². The molecule has 1 aliphatic rings. The second-order valence-corrected chi connectivity index (χ2v) is 8.37. The Hall–Kier alpha value is -3.77. The van der Waals surface area contributed by atoms with Crippen molar-refractivity contribution in [2.45, 2.75) is 6.54 Å². The molecule has 3 aromatic carbocycles. The first-order chi connectivity index (χ1) is 16.2. The summed E-state index contributed by atoms with van der Waals surface area (Å²) in [5.41, 5.74) is 4.22. The number of hydrogen-bond acceptors (Lipinski definition) is 5. The number of benzene rings is 3. The minimum Gasteiger partial charge on any atom is -0.506 e. The highest BCUT2D eigenvalue weighted by molar-refractivity contribution is 5.64. The molecule has 1 fully saturated rings. The zero-order valence-corrected chi connectivity index (χ0v) is 18.8. The van der Waals surface area contributed by atoms with Crippen molar-refractivity contribution in [2.24, 2.45) is 7.05 Å². The molecule has 0 radical (unpaired) electrons. The van der Waals surface area contributed by atoms with E-state index in [-0.39, 0.29) is 0 Å². The number of nitrogens with zero attached hydrogens (tertiary/aromatic N) is 4. The fourth-order valence-corrected chi connectivity index (χ4v) is 4.32. The Morgan fingerprint density at radius 1 is 0.818 bits per heavy atom. The summed E-state index contributed by atoms with van der Waals surface area (Å²) >= 11 is 0. The Balaban J connectivity index is 1.25. The number of aryl methyl sites for hydroxylation is 1. The molecule has 0 aliphatic carbocycles. The van der Waals surface area contributed by atoms with Gasteiger partial charge in [0, 0.05) is 57.1 Å². The van der Waals surface area contributed by atoms with Crippen molar-refractivity contribution < 1.29 is 9.84 Å². The number of hydrogen-bond donors (Lipinski definition) is 1. The molecule has 0 unspecified atom stereocenters. The molecule has 0 saturated carbocycles. The molecule has 168 valence electrons. The quantitative estimate of drug-likeness (QED) is 0.462. The highest BCUT2D eigenvalue weighted by Gasteiger charge is 2.21. The fourth-order valence-electron chi connectivity index (χ4n) is 4.32. The third-order valence-corrected chi connectivity index (χ3v) is 6.00. The molecule has 2 heterocycles. The second-order valence-electron chi connectivity index (χ2n) is 8.37. The monoisotopic (exact) mass is 440 g/mol. The fraction of sp³-hybridized carbons (Fsp3) is 0.222. The molecule has 6 heteroatoms. The van der Waals surface area contributed by atoms with Crippen LogP contribution in [-0.2, 0) is 13.6 Å². The maximum Gasteiger partial charge on any atom is 0.138 e. The van der Waals surface area contributed by atoms with Gasteiger partial charge < -0.3 is 14.7 Å². The summed E-state index contributed by atoms with van der Waals surface area (Å²) in [4.78, 5) is 4.70. The Bertz CT molecular complexity index is 1200. The van der Waals surface area contributed by atoms with Crippen LogP contribution in [0.25, 0.3) is 11.3 Å². The van der Waals surface area contributed by atoms with Gasteiger partial charge >= 0.3 is 0 Å². The van der Waals surface area contributed by atoms with Crippen LogP contribution in [0, 0.1) is 0 Å². The van der Waals surface area contributed by atoms with Crippen molar-refractivity contribution in [2.75, 3.05) is 31.1 Å². The van der Waals surface area contributed by atoms with Crippen molar-refractivity contribution in [1.29, 1.82) is 0 Å². The first kappa shape index (κ1) is 21.1. The van der Waals surface area contributed by atoms with Crippen molar-refractivity contribution in [1.82, 2.24) is 14.7 Å². The molecule has 5 rings (SSSR count). The molecule has 1 aromatic heterocycles. The van der Waals surface area contributed by atoms with E-state index in [0.717, 1.165) is 61.2 Å². The lowest BCUT2D eigenvalue weighted by Crippen LogP contribution is -2.46. The van der Waals surface area contributed by atoms with E-state index >= 15 is 0 Å². The lowest BCUT2D eigenvalue weighted by molar-refractivity contribution is 0.249. The van der Waals surface area contributed by atoms with Crippen LogP contribution < -0.4 is 9.64 Å². The molecule has 1 saturated heterocycles. The van der Waals surface area contributed by atoms with E-state index in [2.05, 4.69) is 28.1 Å². The van der Waals surface area contributed by atoms with E-state index in [9.17, 15) is 5.11 Å². The van der Waals surface area contributed by atoms with E-state index in [0.29, 0.717) is 5.75 Å². The van der Waals surface area contributed by atoms with Gasteiger partial charge in [-0.15, -0.1) is 0 Å². The number of para-hydroxylation sites is 3. The van der Waals surface area contributed by atoms with Gasteiger partial charge in [-0.3, -0.25) is 9.58 Å². The topological polar surface area (TPSA) is 53.8 Å². The Morgan fingerprint density at radius 3 is 2.21 bits per heavy atom. The van der Waals surface area contributed by atoms with Gasteiger partial charge in [0.05, 0.1) is 11.4 Å². The van der Waals surface area contributed by atoms with E-state index in [1.165, 1.54) is 5.56 Å². The van der Waals surface area contributed by atoms with Gasteiger partial charge in [0.25, 0.3) is 0 Å². The van der Waals surface area contributed by atoms with Crippen molar-refractivity contribution >= 4 is 5.69 Å². The van der Waals surface area contributed by atoms with Gasteiger partial charge in [-0.05, 0) is 48.5 Å². The molecule has 4 aromatic rings. The van der Waals surface area contributed by atoms with Crippen LogP contribution in [0.2, 0.25) is 0 Å². The van der Waals surface area contributed by atoms with E-state index < -0.39 is 0 Å². The summed E-state index contributed by atoms with van der Waals surface area (Å²) in [5.74, 6) is 1.98. The van der Waals surface area contributed by atoms with Gasteiger partial charge in [0.2, 0.25) is 0 Å². The normalized spacial score (nSPS) is 14.4. The summed E-state index contributed by atoms with van der Waals surface area (Å²) in [7, 11) is 1.97. The van der Waals surface area contributed by atoms with Gasteiger partial charge in [0.1, 0.15) is 17.2 Å². The summed E-state index contributed by atoms with van der Waals surface area (Å²) in [6.45, 7) is 4.50. The predicted molar refractivity (Wildman–Crippen MR) is 131 cm³/mol. The van der Waals surface area contributed by atoms with Gasteiger partial charge in [0.15, 0.2) is 0 Å². The highest BCUT2D eigenvalue weighted by Crippen LogP contribution is 2.29. The third kappa shape index (κ3) is 4.86. The van der Waals surface area contributed by atoms with E-state index in [4.69, 9.17) is 9.84 Å². The lowest BCUT2D eigenvalue weighted by Gasteiger charge is -2.36. The number of piperazine rings is 1. The average Bonchev–Trinajstić information content (AvgIpc) is 3.21. The van der Waals surface area contributed by atoms with Gasteiger partial charge in [-0.2, -0.15) is 5.10 Å². The van der Waals surface area contributed by atoms with Crippen LogP contribution in [0.5, 0.6) is 17.2 Å². The SMILES string of the molecule is Cn1cc(CN2CCN(c3ccccc3O)CC2)c(-c2ccc(Oc3ccccc3)cc2)n1. The highest BCUT2D eigenvalue weighted by atomic mass is 16.5. The Labute approximate surface area is 194 Å². The molecular weight excluding hydrogens is 412 g/mol. The van der Waals surface area contributed by atoms with E-state index in [1.807, 2.05) is 72.4 Å². The zero-order valence-electron chi connectivity index (χ0n) is 18.8. The minimum atomic E-state index is 0.347. The number of anilines is 1. The molecule has 0 bridgehead atoms. The number of phenolic OH excluding ortho intramolecular Hbond substituents is 1. The summed E-state index contributed by atoms with van der Waals surface area (Å²) in [6, 6.07) is 25.5. The summed E-state index contributed by atoms with van der Waals surface area (Å²) < 4.78 is 7.81. The second kappa shape index (κ2) is 9.38.